The summed E-state index contributed by atoms with van der Waals surface area (Å²) in [7, 11) is 0. The Bertz CT molecular complexity index is 1110. The second kappa shape index (κ2) is 7.37. The van der Waals surface area contributed by atoms with Crippen molar-refractivity contribution in [1.29, 1.82) is 0 Å². The highest BCUT2D eigenvalue weighted by molar-refractivity contribution is 7.18. The topological polar surface area (TPSA) is 91.3 Å². The summed E-state index contributed by atoms with van der Waals surface area (Å²) in [5.74, 6) is -1.13. The molecular formula is C20H16F3N3O3S. The third kappa shape index (κ3) is 3.75. The molecule has 1 atom stereocenters. The second-order valence-corrected chi connectivity index (χ2v) is 8.02. The summed E-state index contributed by atoms with van der Waals surface area (Å²) < 4.78 is 41.8. The number of para-hydroxylation sites is 1. The van der Waals surface area contributed by atoms with Crippen molar-refractivity contribution in [2.24, 2.45) is 0 Å². The minimum absolute atomic E-state index is 0.120. The molecule has 156 valence electrons. The number of hydrogen-bond acceptors (Lipinski definition) is 5. The normalized spacial score (nSPS) is 15.9. The van der Waals surface area contributed by atoms with E-state index < -0.39 is 29.1 Å². The first-order valence-electron chi connectivity index (χ1n) is 9.03. The van der Waals surface area contributed by atoms with Gasteiger partial charge in [-0.2, -0.15) is 13.2 Å². The van der Waals surface area contributed by atoms with Crippen molar-refractivity contribution in [2.75, 3.05) is 10.6 Å². The van der Waals surface area contributed by atoms with Gasteiger partial charge >= 0.3 is 6.18 Å². The highest BCUT2D eigenvalue weighted by Crippen LogP contribution is 2.44. The van der Waals surface area contributed by atoms with Crippen LogP contribution in [0.5, 0.6) is 0 Å². The minimum Gasteiger partial charge on any atom is -0.374 e. The number of halogens is 3. The van der Waals surface area contributed by atoms with Crippen molar-refractivity contribution in [3.05, 3.63) is 53.0 Å². The SMILES string of the molecule is O=C(CC(O)(c1nc2ccccc2s1)C(F)(F)F)Nc1ccc2c(c1)CCC(=O)N2. The first-order chi connectivity index (χ1) is 14.2. The van der Waals surface area contributed by atoms with Crippen LogP contribution in [0, 0.1) is 0 Å². The minimum atomic E-state index is -5.10. The van der Waals surface area contributed by atoms with Gasteiger partial charge in [-0.3, -0.25) is 9.59 Å². The van der Waals surface area contributed by atoms with Gasteiger partial charge in [-0.25, -0.2) is 4.98 Å². The number of carbonyl (C=O) groups excluding carboxylic acids is 2. The second-order valence-electron chi connectivity index (χ2n) is 6.99. The van der Waals surface area contributed by atoms with Crippen LogP contribution < -0.4 is 10.6 Å². The highest BCUT2D eigenvalue weighted by atomic mass is 32.1. The van der Waals surface area contributed by atoms with Crippen molar-refractivity contribution in [2.45, 2.75) is 31.0 Å². The molecule has 2 amide bonds. The van der Waals surface area contributed by atoms with E-state index in [9.17, 15) is 27.9 Å². The molecule has 1 aromatic heterocycles. The first kappa shape index (κ1) is 20.3. The Hall–Kier alpha value is -2.98. The van der Waals surface area contributed by atoms with Gasteiger partial charge in [0.1, 0.15) is 5.01 Å². The smallest absolute Gasteiger partial charge is 0.374 e. The third-order valence-electron chi connectivity index (χ3n) is 4.82. The average molecular weight is 435 g/mol. The Morgan fingerprint density at radius 3 is 2.70 bits per heavy atom. The molecule has 30 heavy (non-hydrogen) atoms. The summed E-state index contributed by atoms with van der Waals surface area (Å²) in [6.07, 6.45) is -5.58. The van der Waals surface area contributed by atoms with Gasteiger partial charge in [0.15, 0.2) is 0 Å². The van der Waals surface area contributed by atoms with Gasteiger partial charge in [0, 0.05) is 17.8 Å². The fourth-order valence-electron chi connectivity index (χ4n) is 3.24. The number of aryl methyl sites for hydroxylation is 1. The van der Waals surface area contributed by atoms with Crippen molar-refractivity contribution in [3.63, 3.8) is 0 Å². The number of carbonyl (C=O) groups is 2. The zero-order valence-electron chi connectivity index (χ0n) is 15.4. The molecule has 0 fully saturated rings. The zero-order valence-corrected chi connectivity index (χ0v) is 16.2. The van der Waals surface area contributed by atoms with Crippen molar-refractivity contribution < 1.29 is 27.9 Å². The summed E-state index contributed by atoms with van der Waals surface area (Å²) in [5, 5.41) is 15.0. The Kier molecular flexibility index (Phi) is 4.99. The number of aromatic nitrogens is 1. The van der Waals surface area contributed by atoms with E-state index in [4.69, 9.17) is 0 Å². The van der Waals surface area contributed by atoms with Crippen molar-refractivity contribution in [3.8, 4) is 0 Å². The van der Waals surface area contributed by atoms with Crippen LogP contribution in [0.2, 0.25) is 0 Å². The number of alkyl halides is 3. The fraction of sp³-hybridized carbons (Fsp3) is 0.250. The third-order valence-corrected chi connectivity index (χ3v) is 6.00. The molecule has 1 aliphatic rings. The number of aliphatic hydroxyl groups is 1. The molecule has 0 saturated heterocycles. The van der Waals surface area contributed by atoms with E-state index in [1.165, 1.54) is 12.1 Å². The molecule has 2 heterocycles. The van der Waals surface area contributed by atoms with E-state index in [1.807, 2.05) is 0 Å². The lowest BCUT2D eigenvalue weighted by Crippen LogP contribution is -2.45. The summed E-state index contributed by atoms with van der Waals surface area (Å²) in [6, 6.07) is 11.1. The summed E-state index contributed by atoms with van der Waals surface area (Å²) in [6.45, 7) is 0. The quantitative estimate of drug-likeness (QED) is 0.579. The highest BCUT2D eigenvalue weighted by Gasteiger charge is 2.58. The lowest BCUT2D eigenvalue weighted by molar-refractivity contribution is -0.266. The van der Waals surface area contributed by atoms with Crippen LogP contribution in [-0.2, 0) is 21.6 Å². The van der Waals surface area contributed by atoms with Crippen LogP contribution in [0.4, 0.5) is 24.5 Å². The predicted octanol–water partition coefficient (Wildman–Crippen LogP) is 3.96. The van der Waals surface area contributed by atoms with Gasteiger partial charge < -0.3 is 15.7 Å². The molecule has 3 aromatic rings. The number of thiazole rings is 1. The van der Waals surface area contributed by atoms with E-state index in [0.717, 1.165) is 5.56 Å². The number of hydrogen-bond donors (Lipinski definition) is 3. The molecule has 0 spiro atoms. The Morgan fingerprint density at radius 1 is 1.20 bits per heavy atom. The largest absolute Gasteiger partial charge is 0.424 e. The van der Waals surface area contributed by atoms with E-state index >= 15 is 0 Å². The van der Waals surface area contributed by atoms with Gasteiger partial charge in [0.05, 0.1) is 16.6 Å². The van der Waals surface area contributed by atoms with E-state index in [2.05, 4.69) is 15.6 Å². The summed E-state index contributed by atoms with van der Waals surface area (Å²) in [4.78, 5) is 27.7. The van der Waals surface area contributed by atoms with Gasteiger partial charge in [-0.1, -0.05) is 12.1 Å². The van der Waals surface area contributed by atoms with Crippen LogP contribution in [0.1, 0.15) is 23.4 Å². The fourth-order valence-corrected chi connectivity index (χ4v) is 4.32. The number of rotatable bonds is 4. The summed E-state index contributed by atoms with van der Waals surface area (Å²) >= 11 is 0.697. The molecule has 0 aliphatic carbocycles. The maximum Gasteiger partial charge on any atom is 0.424 e. The number of nitrogens with zero attached hydrogens (tertiary/aromatic N) is 1. The van der Waals surface area contributed by atoms with Crippen LogP contribution in [-0.4, -0.2) is 28.1 Å². The van der Waals surface area contributed by atoms with Crippen LogP contribution in [0.3, 0.4) is 0 Å². The van der Waals surface area contributed by atoms with E-state index in [1.54, 1.807) is 30.3 Å². The molecule has 6 nitrogen and oxygen atoms in total. The first-order valence-corrected chi connectivity index (χ1v) is 9.85. The number of amides is 2. The van der Waals surface area contributed by atoms with E-state index in [-0.39, 0.29) is 18.0 Å². The number of anilines is 2. The van der Waals surface area contributed by atoms with E-state index in [0.29, 0.717) is 33.7 Å². The maximum atomic E-state index is 13.8. The molecule has 4 rings (SSSR count). The molecule has 0 saturated carbocycles. The number of nitrogens with one attached hydrogen (secondary N) is 2. The zero-order chi connectivity index (χ0) is 21.5. The molecular weight excluding hydrogens is 419 g/mol. The van der Waals surface area contributed by atoms with Gasteiger partial charge in [-0.15, -0.1) is 11.3 Å². The maximum absolute atomic E-state index is 13.8. The molecule has 10 heteroatoms. The Labute approximate surface area is 172 Å². The molecule has 1 aliphatic heterocycles. The number of benzene rings is 2. The van der Waals surface area contributed by atoms with Gasteiger partial charge in [0.25, 0.3) is 0 Å². The molecule has 3 N–H and O–H groups in total. The Balaban J connectivity index is 1.58. The van der Waals surface area contributed by atoms with Crippen LogP contribution in [0.25, 0.3) is 10.2 Å². The lowest BCUT2D eigenvalue weighted by atomic mass is 9.98. The summed E-state index contributed by atoms with van der Waals surface area (Å²) in [5.41, 5.74) is -1.45. The number of fused-ring (bicyclic) bond motifs is 2. The predicted molar refractivity (Wildman–Crippen MR) is 106 cm³/mol. The van der Waals surface area contributed by atoms with Crippen molar-refractivity contribution >= 4 is 44.7 Å². The monoisotopic (exact) mass is 435 g/mol. The standard InChI is InChI=1S/C20H16F3N3O3S/c21-20(22,23)19(29,18-26-14-3-1-2-4-15(14)30-18)10-17(28)24-12-6-7-13-11(9-12)5-8-16(27)25-13/h1-4,6-7,9,29H,5,8,10H2,(H,24,28)(H,25,27). The molecule has 0 radical (unpaired) electrons. The lowest BCUT2D eigenvalue weighted by Gasteiger charge is -2.28. The molecule has 1 unspecified atom stereocenters. The molecule has 2 aromatic carbocycles. The van der Waals surface area contributed by atoms with Gasteiger partial charge in [0.2, 0.25) is 17.4 Å². The van der Waals surface area contributed by atoms with Gasteiger partial charge in [-0.05, 0) is 42.3 Å². The van der Waals surface area contributed by atoms with Crippen LogP contribution >= 0.6 is 11.3 Å². The van der Waals surface area contributed by atoms with Crippen molar-refractivity contribution in [1.82, 2.24) is 4.98 Å². The van der Waals surface area contributed by atoms with Crippen LogP contribution in [0.15, 0.2) is 42.5 Å². The average Bonchev–Trinajstić information content (AvgIpc) is 3.12. The Morgan fingerprint density at radius 2 is 1.97 bits per heavy atom. The molecule has 0 bridgehead atoms.